The summed E-state index contributed by atoms with van der Waals surface area (Å²) in [5.41, 5.74) is 1.33. The first-order chi connectivity index (χ1) is 12.0. The molecule has 0 aliphatic rings. The van der Waals surface area contributed by atoms with Crippen LogP contribution in [0.25, 0.3) is 27.9 Å². The lowest BCUT2D eigenvalue weighted by molar-refractivity contribution is -0.134. The Morgan fingerprint density at radius 2 is 1.92 bits per heavy atom. The number of benzene rings is 2. The molecule has 25 heavy (non-hydrogen) atoms. The van der Waals surface area contributed by atoms with Crippen LogP contribution < -0.4 is 10.2 Å². The maximum absolute atomic E-state index is 13.0. The van der Waals surface area contributed by atoms with Crippen LogP contribution >= 0.6 is 0 Å². The summed E-state index contributed by atoms with van der Waals surface area (Å²) in [7, 11) is 4.48. The van der Waals surface area contributed by atoms with Crippen LogP contribution in [0.2, 0.25) is 0 Å². The minimum absolute atomic E-state index is 0.102. The molecule has 1 heterocycles. The van der Waals surface area contributed by atoms with Crippen LogP contribution in [0.3, 0.4) is 0 Å². The van der Waals surface area contributed by atoms with E-state index < -0.39 is 5.97 Å². The average Bonchev–Trinajstić information content (AvgIpc) is 2.63. The third-order valence-electron chi connectivity index (χ3n) is 4.17. The van der Waals surface area contributed by atoms with E-state index in [4.69, 9.17) is 4.74 Å². The molecule has 0 spiro atoms. The lowest BCUT2D eigenvalue weighted by Crippen LogP contribution is -2.11. The molecule has 0 aliphatic carbocycles. The molecule has 0 atom stereocenters. The predicted octanol–water partition coefficient (Wildman–Crippen LogP) is 2.59. The molecule has 0 amide bonds. The fourth-order valence-corrected chi connectivity index (χ4v) is 2.95. The quantitative estimate of drug-likeness (QED) is 0.451. The molecule has 0 unspecified atom stereocenters. The van der Waals surface area contributed by atoms with Crippen molar-refractivity contribution in [2.75, 3.05) is 14.2 Å². The molecule has 128 valence electrons. The molecule has 0 saturated heterocycles. The fraction of sp³-hybridized carbons (Fsp3) is 0.158. The molecule has 3 rings (SSSR count). The zero-order chi connectivity index (χ0) is 18.1. The number of phenols is 1. The number of aryl methyl sites for hydroxylation is 1. The first-order valence-corrected chi connectivity index (χ1v) is 7.57. The van der Waals surface area contributed by atoms with Gasteiger partial charge in [0.25, 0.3) is 0 Å². The van der Waals surface area contributed by atoms with Crippen molar-refractivity contribution in [1.29, 1.82) is 0 Å². The molecule has 1 N–H and O–H groups in total. The summed E-state index contributed by atoms with van der Waals surface area (Å²) in [6.45, 7) is 0. The highest BCUT2D eigenvalue weighted by Crippen LogP contribution is 2.36. The summed E-state index contributed by atoms with van der Waals surface area (Å²) in [5, 5.41) is 11.3. The molecular formula is C19H17NO5. The number of esters is 1. The van der Waals surface area contributed by atoms with Gasteiger partial charge >= 0.3 is 5.97 Å². The number of methoxy groups -OCH3 is 2. The van der Waals surface area contributed by atoms with Crippen LogP contribution in [0.15, 0.2) is 41.2 Å². The fourth-order valence-electron chi connectivity index (χ4n) is 2.95. The Kier molecular flexibility index (Phi) is 4.19. The zero-order valence-corrected chi connectivity index (χ0v) is 14.1. The van der Waals surface area contributed by atoms with Crippen molar-refractivity contribution in [3.8, 4) is 11.5 Å². The highest BCUT2D eigenvalue weighted by molar-refractivity contribution is 6.00. The molecule has 1 aromatic heterocycles. The molecule has 0 aliphatic heterocycles. The standard InChI is InChI=1S/C19H17NO5/c1-20-13-7-5-4-6-11(13)18(23)17-14(20)10-15(21)12(19(17)25-3)8-9-16(22)24-2/h4-10,21H,1-3H3/b9-8+. The minimum Gasteiger partial charge on any atom is -0.507 e. The number of hydrogen-bond donors (Lipinski definition) is 1. The third-order valence-corrected chi connectivity index (χ3v) is 4.17. The summed E-state index contributed by atoms with van der Waals surface area (Å²) in [6, 6.07) is 8.71. The number of hydrogen-bond acceptors (Lipinski definition) is 5. The Morgan fingerprint density at radius 3 is 2.60 bits per heavy atom. The van der Waals surface area contributed by atoms with E-state index >= 15 is 0 Å². The predicted molar refractivity (Wildman–Crippen MR) is 96.0 cm³/mol. The maximum Gasteiger partial charge on any atom is 0.330 e. The largest absolute Gasteiger partial charge is 0.507 e. The van der Waals surface area contributed by atoms with Gasteiger partial charge in [-0.2, -0.15) is 0 Å². The number of ether oxygens (including phenoxy) is 2. The van der Waals surface area contributed by atoms with Crippen molar-refractivity contribution in [2.24, 2.45) is 7.05 Å². The summed E-state index contributed by atoms with van der Waals surface area (Å²) in [6.07, 6.45) is 2.53. The molecule has 2 aromatic carbocycles. The monoisotopic (exact) mass is 339 g/mol. The second-order valence-corrected chi connectivity index (χ2v) is 5.50. The third kappa shape index (κ3) is 2.61. The van der Waals surface area contributed by atoms with Crippen LogP contribution in [0.4, 0.5) is 0 Å². The van der Waals surface area contributed by atoms with Gasteiger partial charge in [0.2, 0.25) is 5.43 Å². The smallest absolute Gasteiger partial charge is 0.330 e. The number of aromatic hydroxyl groups is 1. The maximum atomic E-state index is 13.0. The molecule has 3 aromatic rings. The van der Waals surface area contributed by atoms with E-state index in [2.05, 4.69) is 4.74 Å². The van der Waals surface area contributed by atoms with E-state index in [-0.39, 0.29) is 22.5 Å². The number of carbonyl (C=O) groups excluding carboxylic acids is 1. The van der Waals surface area contributed by atoms with Gasteiger partial charge in [0.1, 0.15) is 11.5 Å². The van der Waals surface area contributed by atoms with Crippen molar-refractivity contribution in [3.63, 3.8) is 0 Å². The molecule has 0 radical (unpaired) electrons. The second kappa shape index (κ2) is 6.32. The van der Waals surface area contributed by atoms with Gasteiger partial charge in [0.15, 0.2) is 0 Å². The second-order valence-electron chi connectivity index (χ2n) is 5.50. The van der Waals surface area contributed by atoms with Crippen molar-refractivity contribution in [2.45, 2.75) is 0 Å². The van der Waals surface area contributed by atoms with Crippen molar-refractivity contribution in [1.82, 2.24) is 4.57 Å². The number of nitrogens with zero attached hydrogens (tertiary/aromatic N) is 1. The first kappa shape index (κ1) is 16.6. The summed E-state index contributed by atoms with van der Waals surface area (Å²) >= 11 is 0. The van der Waals surface area contributed by atoms with E-state index in [9.17, 15) is 14.7 Å². The van der Waals surface area contributed by atoms with Crippen LogP contribution in [0, 0.1) is 0 Å². The Bertz CT molecular complexity index is 1080. The lowest BCUT2D eigenvalue weighted by Gasteiger charge is -2.15. The Hall–Kier alpha value is -3.28. The molecule has 0 fully saturated rings. The summed E-state index contributed by atoms with van der Waals surface area (Å²) in [4.78, 5) is 24.3. The van der Waals surface area contributed by atoms with E-state index in [0.29, 0.717) is 16.3 Å². The van der Waals surface area contributed by atoms with Crippen LogP contribution in [-0.2, 0) is 16.6 Å². The summed E-state index contributed by atoms with van der Waals surface area (Å²) in [5.74, 6) is -0.468. The number of rotatable bonds is 3. The zero-order valence-electron chi connectivity index (χ0n) is 14.1. The number of aromatic nitrogens is 1. The first-order valence-electron chi connectivity index (χ1n) is 7.57. The van der Waals surface area contributed by atoms with Crippen molar-refractivity contribution < 1.29 is 19.4 Å². The van der Waals surface area contributed by atoms with Crippen LogP contribution in [0.1, 0.15) is 5.56 Å². The topological polar surface area (TPSA) is 77.8 Å². The molecule has 0 bridgehead atoms. The number of fused-ring (bicyclic) bond motifs is 2. The minimum atomic E-state index is -0.576. The highest BCUT2D eigenvalue weighted by atomic mass is 16.5. The summed E-state index contributed by atoms with van der Waals surface area (Å²) < 4.78 is 11.8. The van der Waals surface area contributed by atoms with Crippen molar-refractivity contribution >= 4 is 33.9 Å². The van der Waals surface area contributed by atoms with E-state index in [1.807, 2.05) is 23.7 Å². The van der Waals surface area contributed by atoms with Crippen LogP contribution in [-0.4, -0.2) is 29.9 Å². The van der Waals surface area contributed by atoms with Crippen molar-refractivity contribution in [3.05, 3.63) is 52.2 Å². The van der Waals surface area contributed by atoms with Gasteiger partial charge < -0.3 is 19.1 Å². The molecular weight excluding hydrogens is 322 g/mol. The van der Waals surface area contributed by atoms with Gasteiger partial charge in [-0.15, -0.1) is 0 Å². The van der Waals surface area contributed by atoms with Gasteiger partial charge in [0.05, 0.1) is 36.2 Å². The molecule has 6 heteroatoms. The Morgan fingerprint density at radius 1 is 1.20 bits per heavy atom. The number of para-hydroxylation sites is 1. The van der Waals surface area contributed by atoms with Gasteiger partial charge in [-0.3, -0.25) is 4.79 Å². The number of carbonyl (C=O) groups is 1. The van der Waals surface area contributed by atoms with Gasteiger partial charge in [0, 0.05) is 24.6 Å². The lowest BCUT2D eigenvalue weighted by atomic mass is 10.0. The molecule has 6 nitrogen and oxygen atoms in total. The highest BCUT2D eigenvalue weighted by Gasteiger charge is 2.18. The van der Waals surface area contributed by atoms with Crippen LogP contribution in [0.5, 0.6) is 11.5 Å². The van der Waals surface area contributed by atoms with Gasteiger partial charge in [-0.05, 0) is 18.2 Å². The molecule has 0 saturated carbocycles. The van der Waals surface area contributed by atoms with E-state index in [1.165, 1.54) is 26.4 Å². The SMILES string of the molecule is COC(=O)/C=C/c1c(O)cc2c(c1OC)c(=O)c1ccccc1n2C. The number of phenolic OH excluding ortho intramolecular Hbond substituents is 1. The van der Waals surface area contributed by atoms with E-state index in [1.54, 1.807) is 12.1 Å². The van der Waals surface area contributed by atoms with Gasteiger partial charge in [-0.1, -0.05) is 12.1 Å². The van der Waals surface area contributed by atoms with Gasteiger partial charge in [-0.25, -0.2) is 4.79 Å². The average molecular weight is 339 g/mol. The van der Waals surface area contributed by atoms with E-state index in [0.717, 1.165) is 11.6 Å². The number of pyridine rings is 1. The Labute approximate surface area is 143 Å². The Balaban J connectivity index is 2.46. The normalized spacial score (nSPS) is 11.3.